The molecule has 3 aliphatic rings. The van der Waals surface area contributed by atoms with Gasteiger partial charge in [0.2, 0.25) is 15.9 Å². The number of rotatable bonds is 3. The summed E-state index contributed by atoms with van der Waals surface area (Å²) in [5.74, 6) is 0.184. The summed E-state index contributed by atoms with van der Waals surface area (Å²) in [4.78, 5) is 12.1. The molecular weight excluding hydrogens is 262 g/mol. The van der Waals surface area contributed by atoms with E-state index in [2.05, 4.69) is 20.4 Å². The van der Waals surface area contributed by atoms with Crippen LogP contribution in [-0.2, 0) is 14.8 Å². The Kier molecular flexibility index (Phi) is 2.51. The van der Waals surface area contributed by atoms with Gasteiger partial charge in [0.25, 0.3) is 0 Å². The quantitative estimate of drug-likeness (QED) is 0.745. The normalized spacial score (nSPS) is 40.6. The van der Waals surface area contributed by atoms with Crippen LogP contribution in [0, 0.1) is 11.3 Å². The van der Waals surface area contributed by atoms with Gasteiger partial charge in [-0.05, 0) is 37.0 Å². The summed E-state index contributed by atoms with van der Waals surface area (Å²) >= 11 is 0. The lowest BCUT2D eigenvalue weighted by molar-refractivity contribution is -0.130. The van der Waals surface area contributed by atoms with Crippen LogP contribution in [0.5, 0.6) is 0 Å². The molecule has 106 valence electrons. The minimum atomic E-state index is -3.46. The van der Waals surface area contributed by atoms with Crippen LogP contribution < -0.4 is 0 Å². The molecule has 1 saturated heterocycles. The molecule has 0 N–H and O–H groups in total. The molecule has 3 rings (SSSR count). The minimum absolute atomic E-state index is 0.0800. The van der Waals surface area contributed by atoms with E-state index in [9.17, 15) is 13.2 Å². The summed E-state index contributed by atoms with van der Waals surface area (Å²) < 4.78 is 26.0. The van der Waals surface area contributed by atoms with Gasteiger partial charge in [-0.2, -0.15) is 0 Å². The molecule has 3 fully saturated rings. The van der Waals surface area contributed by atoms with Crippen molar-refractivity contribution in [3.63, 3.8) is 0 Å². The van der Waals surface area contributed by atoms with Crippen molar-refractivity contribution in [1.82, 2.24) is 4.31 Å². The van der Waals surface area contributed by atoms with Crippen molar-refractivity contribution in [1.29, 1.82) is 0 Å². The Morgan fingerprint density at radius 2 is 2.16 bits per heavy atom. The first kappa shape index (κ1) is 13.2. The fraction of sp³-hybridized carbons (Fsp3) is 0.786. The fourth-order valence-corrected chi connectivity index (χ4v) is 7.64. The molecule has 3 atom stereocenters. The number of carbonyl (C=O) groups excluding carboxylic acids is 1. The molecule has 2 bridgehead atoms. The first-order valence-corrected chi connectivity index (χ1v) is 8.42. The van der Waals surface area contributed by atoms with Gasteiger partial charge in [0.15, 0.2) is 0 Å². The van der Waals surface area contributed by atoms with Gasteiger partial charge in [-0.3, -0.25) is 4.79 Å². The Morgan fingerprint density at radius 1 is 1.47 bits per heavy atom. The molecular formula is C14H21NO3S. The predicted molar refractivity (Wildman–Crippen MR) is 72.8 cm³/mol. The van der Waals surface area contributed by atoms with Crippen LogP contribution in [-0.4, -0.2) is 29.4 Å². The van der Waals surface area contributed by atoms with Crippen molar-refractivity contribution in [2.45, 2.75) is 56.7 Å². The first-order chi connectivity index (χ1) is 8.80. The third-order valence-corrected chi connectivity index (χ3v) is 8.73. The van der Waals surface area contributed by atoms with Crippen LogP contribution in [0.3, 0.4) is 0 Å². The predicted octanol–water partition coefficient (Wildman–Crippen LogP) is 2.07. The van der Waals surface area contributed by atoms with E-state index in [0.717, 1.165) is 19.3 Å². The molecule has 5 heteroatoms. The minimum Gasteiger partial charge on any atom is -0.274 e. The van der Waals surface area contributed by atoms with Gasteiger partial charge in [-0.1, -0.05) is 19.9 Å². The Balaban J connectivity index is 1.95. The van der Waals surface area contributed by atoms with Gasteiger partial charge in [0.05, 0.1) is 6.04 Å². The number of hydrogen-bond acceptors (Lipinski definition) is 3. The number of sulfonamides is 1. The van der Waals surface area contributed by atoms with Gasteiger partial charge in [-0.15, -0.1) is 6.58 Å². The largest absolute Gasteiger partial charge is 0.274 e. The molecule has 0 aromatic rings. The maximum atomic E-state index is 12.7. The molecule has 0 unspecified atom stereocenters. The van der Waals surface area contributed by atoms with E-state index in [1.165, 1.54) is 4.31 Å². The third-order valence-electron chi connectivity index (χ3n) is 5.83. The van der Waals surface area contributed by atoms with E-state index >= 15 is 0 Å². The maximum Gasteiger partial charge on any atom is 0.246 e. The Hall–Kier alpha value is -0.840. The average Bonchev–Trinajstić information content (AvgIpc) is 2.71. The number of nitrogens with zero attached hydrogens (tertiary/aromatic N) is 1. The van der Waals surface area contributed by atoms with E-state index in [1.54, 1.807) is 6.08 Å². The average molecular weight is 283 g/mol. The summed E-state index contributed by atoms with van der Waals surface area (Å²) in [5.41, 5.74) is -0.189. The van der Waals surface area contributed by atoms with E-state index in [4.69, 9.17) is 0 Å². The van der Waals surface area contributed by atoms with Crippen molar-refractivity contribution in [2.24, 2.45) is 11.3 Å². The highest BCUT2D eigenvalue weighted by atomic mass is 32.2. The van der Waals surface area contributed by atoms with Crippen LogP contribution >= 0.6 is 0 Å². The highest BCUT2D eigenvalue weighted by Crippen LogP contribution is 2.70. The highest BCUT2D eigenvalue weighted by Gasteiger charge is 2.81. The fourth-order valence-electron chi connectivity index (χ4n) is 4.74. The second-order valence-corrected chi connectivity index (χ2v) is 8.69. The van der Waals surface area contributed by atoms with E-state index < -0.39 is 14.8 Å². The molecule has 4 nitrogen and oxygen atoms in total. The van der Waals surface area contributed by atoms with Crippen LogP contribution in [0.15, 0.2) is 12.7 Å². The molecule has 1 heterocycles. The smallest absolute Gasteiger partial charge is 0.246 e. The molecule has 2 saturated carbocycles. The van der Waals surface area contributed by atoms with Crippen LogP contribution in [0.1, 0.15) is 46.0 Å². The standard InChI is InChI=1S/C14H21NO3S/c1-4-5-6-12(16)15-11-9-10-7-8-14(11,13(10,2)3)19(15,17)18/h4,10-11H,1,5-9H2,2-3H3/t10-,11-,14+/m1/s1. The molecule has 0 aromatic carbocycles. The lowest BCUT2D eigenvalue weighted by atomic mass is 9.80. The van der Waals surface area contributed by atoms with Crippen molar-refractivity contribution >= 4 is 15.9 Å². The summed E-state index contributed by atoms with van der Waals surface area (Å²) in [6.45, 7) is 7.70. The lowest BCUT2D eigenvalue weighted by Gasteiger charge is -2.56. The number of carbonyl (C=O) groups is 1. The molecule has 19 heavy (non-hydrogen) atoms. The second kappa shape index (κ2) is 3.62. The van der Waals surface area contributed by atoms with Gasteiger partial charge in [0.1, 0.15) is 4.75 Å². The molecule has 1 amide bonds. The SMILES string of the molecule is C=CCCC(=O)N1[C@@H]2C[C@H]3CC[C@]2(C3(C)C)S1(=O)=O. The monoisotopic (exact) mass is 283 g/mol. The topological polar surface area (TPSA) is 54.5 Å². The highest BCUT2D eigenvalue weighted by molar-refractivity contribution is 7.92. The van der Waals surface area contributed by atoms with Crippen LogP contribution in [0.2, 0.25) is 0 Å². The summed E-state index contributed by atoms with van der Waals surface area (Å²) in [5, 5.41) is 0. The van der Waals surface area contributed by atoms with Crippen LogP contribution in [0.4, 0.5) is 0 Å². The Labute approximate surface area is 114 Å². The number of allylic oxidation sites excluding steroid dienone is 1. The van der Waals surface area contributed by atoms with Crippen molar-refractivity contribution in [2.75, 3.05) is 0 Å². The summed E-state index contributed by atoms with van der Waals surface area (Å²) in [6, 6.07) is -0.0800. The van der Waals surface area contributed by atoms with Crippen molar-refractivity contribution in [3.05, 3.63) is 12.7 Å². The zero-order chi connectivity index (χ0) is 14.1. The van der Waals surface area contributed by atoms with Gasteiger partial charge in [0, 0.05) is 6.42 Å². The molecule has 1 spiro atoms. The van der Waals surface area contributed by atoms with Gasteiger partial charge in [-0.25, -0.2) is 12.7 Å². The molecule has 0 aromatic heterocycles. The van der Waals surface area contributed by atoms with Gasteiger partial charge >= 0.3 is 0 Å². The van der Waals surface area contributed by atoms with Crippen molar-refractivity contribution in [3.8, 4) is 0 Å². The maximum absolute atomic E-state index is 12.7. The van der Waals surface area contributed by atoms with E-state index in [1.807, 2.05) is 0 Å². The third kappa shape index (κ3) is 1.21. The Bertz CT molecular complexity index is 551. The Morgan fingerprint density at radius 3 is 2.74 bits per heavy atom. The van der Waals surface area contributed by atoms with E-state index in [0.29, 0.717) is 12.3 Å². The lowest BCUT2D eigenvalue weighted by Crippen LogP contribution is -2.74. The summed E-state index contributed by atoms with van der Waals surface area (Å²) in [7, 11) is -3.46. The number of hydrogen-bond donors (Lipinski definition) is 0. The molecule has 1 aliphatic heterocycles. The number of fused-ring (bicyclic) bond motifs is 1. The van der Waals surface area contributed by atoms with Crippen molar-refractivity contribution < 1.29 is 13.2 Å². The molecule has 2 aliphatic carbocycles. The van der Waals surface area contributed by atoms with Crippen LogP contribution in [0.25, 0.3) is 0 Å². The summed E-state index contributed by atoms with van der Waals surface area (Å²) in [6.07, 6.45) is 5.01. The second-order valence-electron chi connectivity index (χ2n) is 6.62. The van der Waals surface area contributed by atoms with Gasteiger partial charge < -0.3 is 0 Å². The number of amides is 1. The zero-order valence-electron chi connectivity index (χ0n) is 11.6. The molecule has 0 radical (unpaired) electrons. The first-order valence-electron chi connectivity index (χ1n) is 6.98. The zero-order valence-corrected chi connectivity index (χ0v) is 12.4. The van der Waals surface area contributed by atoms with E-state index in [-0.39, 0.29) is 23.8 Å².